The van der Waals surface area contributed by atoms with E-state index in [0.29, 0.717) is 111 Å². The van der Waals surface area contributed by atoms with Crippen molar-refractivity contribution in [2.45, 2.75) is 65.1 Å². The second-order valence-electron chi connectivity index (χ2n) is 15.2. The number of carbonyl (C=O) groups excluding carboxylic acids is 2. The molecule has 0 saturated carbocycles. The predicted molar refractivity (Wildman–Crippen MR) is 235 cm³/mol. The summed E-state index contributed by atoms with van der Waals surface area (Å²) in [5.41, 5.74) is -1.41. The highest BCUT2D eigenvalue weighted by Crippen LogP contribution is 2.30. The number of nitrogens with one attached hydrogen (secondary N) is 2. The van der Waals surface area contributed by atoms with Gasteiger partial charge in [0.15, 0.2) is 0 Å². The molecule has 4 aromatic heterocycles. The number of alkyl halides is 6. The molecule has 6 rings (SSSR count). The van der Waals surface area contributed by atoms with Gasteiger partial charge in [0.05, 0.1) is 34.6 Å². The van der Waals surface area contributed by atoms with Gasteiger partial charge in [0, 0.05) is 113 Å². The van der Waals surface area contributed by atoms with Crippen molar-refractivity contribution in [2.24, 2.45) is 0 Å². The third-order valence-electron chi connectivity index (χ3n) is 10.2. The standard InChI is InChI=1S/2C20H25F3N6O3S/c2*1-13(32-16-11-26-27-18(31)14(16)2)12-33-8-3-17(30)28-4-6-29(7-5-28)19-24-9-15(10-25-19)20(21,22)23/h2*9-11,13H,3-8,12H2,1-2H3,(H,27,31)/t2*13-/m10/s1. The number of rotatable bonds is 16. The summed E-state index contributed by atoms with van der Waals surface area (Å²) in [5, 5.41) is 12.2. The lowest BCUT2D eigenvalue weighted by Gasteiger charge is -2.34. The van der Waals surface area contributed by atoms with E-state index < -0.39 is 23.5 Å². The summed E-state index contributed by atoms with van der Waals surface area (Å²) in [4.78, 5) is 70.3. The van der Waals surface area contributed by atoms with E-state index in [4.69, 9.17) is 9.47 Å². The highest BCUT2D eigenvalue weighted by Gasteiger charge is 2.33. The molecule has 0 aliphatic carbocycles. The zero-order valence-electron chi connectivity index (χ0n) is 36.5. The van der Waals surface area contributed by atoms with E-state index in [1.807, 2.05) is 13.8 Å². The van der Waals surface area contributed by atoms with Gasteiger partial charge in [-0.2, -0.15) is 60.1 Å². The van der Waals surface area contributed by atoms with E-state index >= 15 is 0 Å². The number of hydrogen-bond acceptors (Lipinski definition) is 16. The molecule has 26 heteroatoms. The smallest absolute Gasteiger partial charge is 0.419 e. The van der Waals surface area contributed by atoms with Crippen LogP contribution in [0.1, 0.15) is 48.9 Å². The van der Waals surface area contributed by atoms with E-state index in [2.05, 4.69) is 40.3 Å². The van der Waals surface area contributed by atoms with Crippen molar-refractivity contribution < 1.29 is 45.4 Å². The molecular weight excluding hydrogens is 923 g/mol. The average molecular weight is 973 g/mol. The summed E-state index contributed by atoms with van der Waals surface area (Å²) in [5.74, 6) is 3.95. The Bertz CT molecular complexity index is 2150. The molecule has 18 nitrogen and oxygen atoms in total. The van der Waals surface area contributed by atoms with Crippen LogP contribution in [0.4, 0.5) is 38.2 Å². The van der Waals surface area contributed by atoms with Crippen LogP contribution in [-0.4, -0.2) is 150 Å². The Hall–Kier alpha value is -5.66. The van der Waals surface area contributed by atoms with Crippen molar-refractivity contribution in [2.75, 3.05) is 85.2 Å². The third-order valence-corrected chi connectivity index (χ3v) is 12.6. The number of amides is 2. The Balaban J connectivity index is 0.000000247. The third kappa shape index (κ3) is 15.2. The predicted octanol–water partition coefficient (Wildman–Crippen LogP) is 4.25. The van der Waals surface area contributed by atoms with Crippen LogP contribution >= 0.6 is 23.5 Å². The molecule has 0 unspecified atom stereocenters. The number of piperazine rings is 2. The lowest BCUT2D eigenvalue weighted by Crippen LogP contribution is -2.49. The number of thioether (sulfide) groups is 2. The molecule has 2 aliphatic heterocycles. The largest absolute Gasteiger partial charge is 0.488 e. The number of ether oxygens (including phenoxy) is 2. The molecule has 0 bridgehead atoms. The first-order valence-corrected chi connectivity index (χ1v) is 23.0. The Morgan fingerprint density at radius 2 is 0.939 bits per heavy atom. The van der Waals surface area contributed by atoms with Crippen LogP contribution in [0.3, 0.4) is 0 Å². The molecule has 2 amide bonds. The molecule has 2 aliphatic rings. The summed E-state index contributed by atoms with van der Waals surface area (Å²) >= 11 is 3.17. The van der Waals surface area contributed by atoms with Gasteiger partial charge in [-0.25, -0.2) is 30.1 Å². The van der Waals surface area contributed by atoms with E-state index in [-0.39, 0.29) is 47.0 Å². The maximum Gasteiger partial charge on any atom is 0.419 e. The van der Waals surface area contributed by atoms with Crippen LogP contribution in [-0.2, 0) is 21.9 Å². The number of H-pyrrole nitrogens is 2. The van der Waals surface area contributed by atoms with E-state index in [1.165, 1.54) is 12.4 Å². The van der Waals surface area contributed by atoms with E-state index in [0.717, 1.165) is 24.8 Å². The van der Waals surface area contributed by atoms with Gasteiger partial charge in [0.25, 0.3) is 11.1 Å². The maximum atomic E-state index is 12.6. The zero-order valence-corrected chi connectivity index (χ0v) is 38.2. The van der Waals surface area contributed by atoms with E-state index in [1.54, 1.807) is 57.0 Å². The van der Waals surface area contributed by atoms with Crippen molar-refractivity contribution in [3.05, 3.63) is 80.1 Å². The topological polar surface area (TPSA) is 209 Å². The summed E-state index contributed by atoms with van der Waals surface area (Å²) < 4.78 is 87.3. The number of aromatic amines is 2. The van der Waals surface area contributed by atoms with Crippen molar-refractivity contribution in [1.82, 2.24) is 50.1 Å². The monoisotopic (exact) mass is 972 g/mol. The molecule has 6 heterocycles. The first-order chi connectivity index (χ1) is 31.3. The molecular formula is C40H50F6N12O6S2. The van der Waals surface area contributed by atoms with Gasteiger partial charge in [0.2, 0.25) is 23.7 Å². The Labute approximate surface area is 383 Å². The number of hydrogen-bond donors (Lipinski definition) is 2. The van der Waals surface area contributed by atoms with Gasteiger partial charge < -0.3 is 29.1 Å². The summed E-state index contributed by atoms with van der Waals surface area (Å²) in [6.45, 7) is 10.8. The minimum atomic E-state index is -4.47. The van der Waals surface area contributed by atoms with Crippen LogP contribution in [0, 0.1) is 13.8 Å². The Morgan fingerprint density at radius 3 is 1.26 bits per heavy atom. The molecule has 0 aromatic carbocycles. The maximum absolute atomic E-state index is 12.6. The fraction of sp³-hybridized carbons (Fsp3) is 0.550. The first-order valence-electron chi connectivity index (χ1n) is 20.7. The number of aromatic nitrogens is 8. The van der Waals surface area contributed by atoms with E-state index in [9.17, 15) is 45.5 Å². The molecule has 66 heavy (non-hydrogen) atoms. The van der Waals surface area contributed by atoms with Crippen molar-refractivity contribution >= 4 is 47.2 Å². The first kappa shape index (κ1) is 51.3. The lowest BCUT2D eigenvalue weighted by molar-refractivity contribution is -0.138. The van der Waals surface area contributed by atoms with Crippen LogP contribution in [0.25, 0.3) is 0 Å². The molecule has 2 saturated heterocycles. The molecule has 360 valence electrons. The zero-order chi connectivity index (χ0) is 48.0. The molecule has 2 fully saturated rings. The number of halogens is 6. The number of nitrogens with zero attached hydrogens (tertiary/aromatic N) is 10. The molecule has 2 atom stereocenters. The minimum Gasteiger partial charge on any atom is -0.488 e. The molecule has 0 spiro atoms. The molecule has 4 aromatic rings. The van der Waals surface area contributed by atoms with Gasteiger partial charge >= 0.3 is 12.4 Å². The van der Waals surface area contributed by atoms with Gasteiger partial charge in [-0.05, 0) is 27.7 Å². The SMILES string of the molecule is Cc1c(O[C@@H](C)CSCCC(=O)N2CCN(c3ncc(C(F)(F)F)cn3)CC2)cn[nH]c1=O.Cc1c(O[C@H](C)CSCCC(=O)N2CCN(c3ncc(C(F)(F)F)cn3)CC2)cn[nH]c1=O. The van der Waals surface area contributed by atoms with Gasteiger partial charge in [-0.3, -0.25) is 19.2 Å². The quantitative estimate of drug-likeness (QED) is 0.119. The minimum absolute atomic E-state index is 0.0266. The Morgan fingerprint density at radius 1 is 0.606 bits per heavy atom. The van der Waals surface area contributed by atoms with Crippen LogP contribution in [0.5, 0.6) is 11.5 Å². The second kappa shape index (κ2) is 23.7. The van der Waals surface area contributed by atoms with Crippen LogP contribution in [0.2, 0.25) is 0 Å². The number of anilines is 2. The van der Waals surface area contributed by atoms with Crippen LogP contribution in [0.15, 0.2) is 46.8 Å². The van der Waals surface area contributed by atoms with Gasteiger partial charge in [-0.1, -0.05) is 0 Å². The van der Waals surface area contributed by atoms with Crippen molar-refractivity contribution in [3.8, 4) is 11.5 Å². The summed E-state index contributed by atoms with van der Waals surface area (Å²) in [7, 11) is 0. The fourth-order valence-corrected chi connectivity index (χ4v) is 8.10. The van der Waals surface area contributed by atoms with Crippen molar-refractivity contribution in [3.63, 3.8) is 0 Å². The van der Waals surface area contributed by atoms with Gasteiger partial charge in [-0.15, -0.1) is 0 Å². The van der Waals surface area contributed by atoms with Crippen molar-refractivity contribution in [1.29, 1.82) is 0 Å². The average Bonchev–Trinajstić information content (AvgIpc) is 3.29. The van der Waals surface area contributed by atoms with Crippen LogP contribution < -0.4 is 30.4 Å². The highest BCUT2D eigenvalue weighted by atomic mass is 32.2. The lowest BCUT2D eigenvalue weighted by atomic mass is 10.3. The molecule has 2 N–H and O–H groups in total. The highest BCUT2D eigenvalue weighted by molar-refractivity contribution is 7.99. The fourth-order valence-electron chi connectivity index (χ4n) is 6.33. The second-order valence-corrected chi connectivity index (χ2v) is 17.5. The number of carbonyl (C=O) groups is 2. The summed E-state index contributed by atoms with van der Waals surface area (Å²) in [6.07, 6.45) is -2.47. The Kier molecular flexibility index (Phi) is 18.4. The summed E-state index contributed by atoms with van der Waals surface area (Å²) in [6, 6.07) is 0. The van der Waals surface area contributed by atoms with Gasteiger partial charge in [0.1, 0.15) is 23.7 Å². The molecule has 0 radical (unpaired) electrons. The normalized spacial score (nSPS) is 15.4.